The minimum atomic E-state index is -1.10. The molecule has 8 heteroatoms. The zero-order valence-electron chi connectivity index (χ0n) is 15.8. The number of benzene rings is 2. The first kappa shape index (κ1) is 20.6. The van der Waals surface area contributed by atoms with Gasteiger partial charge in [-0.05, 0) is 50.1 Å². The summed E-state index contributed by atoms with van der Waals surface area (Å²) in [6.45, 7) is 5.80. The Labute approximate surface area is 162 Å². The molecule has 0 saturated heterocycles. The van der Waals surface area contributed by atoms with Crippen LogP contribution in [0, 0.1) is 13.8 Å². The SMILES string of the molecule is CCOc1ccc(C(=O)O)cc1/C=N\NC(=O)C(=O)Nc1c(C)cccc1C. The van der Waals surface area contributed by atoms with Crippen LogP contribution in [-0.4, -0.2) is 35.7 Å². The third kappa shape index (κ3) is 5.16. The lowest BCUT2D eigenvalue weighted by Gasteiger charge is -2.10. The molecule has 2 aromatic carbocycles. The van der Waals surface area contributed by atoms with E-state index in [0.717, 1.165) is 11.1 Å². The van der Waals surface area contributed by atoms with E-state index < -0.39 is 17.8 Å². The Bertz CT molecular complexity index is 917. The molecule has 0 aliphatic heterocycles. The second kappa shape index (κ2) is 9.31. The number of carbonyl (C=O) groups is 3. The van der Waals surface area contributed by atoms with Crippen LogP contribution in [0.1, 0.15) is 34.0 Å². The molecule has 0 atom stereocenters. The first-order chi connectivity index (χ1) is 13.3. The predicted molar refractivity (Wildman–Crippen MR) is 105 cm³/mol. The number of nitrogens with one attached hydrogen (secondary N) is 2. The zero-order valence-corrected chi connectivity index (χ0v) is 15.8. The second-order valence-corrected chi connectivity index (χ2v) is 5.91. The van der Waals surface area contributed by atoms with Gasteiger partial charge in [0.25, 0.3) is 0 Å². The van der Waals surface area contributed by atoms with Crippen molar-refractivity contribution in [2.45, 2.75) is 20.8 Å². The van der Waals surface area contributed by atoms with Gasteiger partial charge in [0.1, 0.15) is 5.75 Å². The third-order valence-electron chi connectivity index (χ3n) is 3.85. The van der Waals surface area contributed by atoms with E-state index in [2.05, 4.69) is 15.8 Å². The Balaban J connectivity index is 2.09. The highest BCUT2D eigenvalue weighted by Gasteiger charge is 2.15. The molecule has 0 saturated carbocycles. The fourth-order valence-electron chi connectivity index (χ4n) is 2.46. The van der Waals surface area contributed by atoms with Crippen molar-refractivity contribution in [3.05, 3.63) is 58.7 Å². The number of hydrogen-bond acceptors (Lipinski definition) is 5. The number of aromatic carboxylic acids is 1. The van der Waals surface area contributed by atoms with Crippen LogP contribution in [0.5, 0.6) is 5.75 Å². The number of ether oxygens (including phenoxy) is 1. The molecule has 2 aromatic rings. The lowest BCUT2D eigenvalue weighted by Crippen LogP contribution is -2.32. The van der Waals surface area contributed by atoms with Crippen molar-refractivity contribution >= 4 is 29.7 Å². The van der Waals surface area contributed by atoms with Crippen molar-refractivity contribution < 1.29 is 24.2 Å². The minimum Gasteiger partial charge on any atom is -0.493 e. The second-order valence-electron chi connectivity index (χ2n) is 5.91. The van der Waals surface area contributed by atoms with Crippen molar-refractivity contribution in [2.24, 2.45) is 5.10 Å². The van der Waals surface area contributed by atoms with E-state index in [-0.39, 0.29) is 5.56 Å². The fraction of sp³-hybridized carbons (Fsp3) is 0.200. The van der Waals surface area contributed by atoms with Crippen LogP contribution < -0.4 is 15.5 Å². The van der Waals surface area contributed by atoms with Gasteiger partial charge in [0.2, 0.25) is 0 Å². The molecule has 28 heavy (non-hydrogen) atoms. The maximum absolute atomic E-state index is 12.1. The molecule has 0 aliphatic carbocycles. The van der Waals surface area contributed by atoms with E-state index in [9.17, 15) is 14.4 Å². The highest BCUT2D eigenvalue weighted by molar-refractivity contribution is 6.39. The summed E-state index contributed by atoms with van der Waals surface area (Å²) in [7, 11) is 0. The summed E-state index contributed by atoms with van der Waals surface area (Å²) in [4.78, 5) is 35.2. The van der Waals surface area contributed by atoms with Crippen LogP contribution in [0.4, 0.5) is 5.69 Å². The summed E-state index contributed by atoms with van der Waals surface area (Å²) >= 11 is 0. The molecule has 0 fully saturated rings. The maximum Gasteiger partial charge on any atom is 0.335 e. The Morgan fingerprint density at radius 1 is 1.11 bits per heavy atom. The number of amides is 2. The van der Waals surface area contributed by atoms with Gasteiger partial charge in [-0.2, -0.15) is 5.10 Å². The van der Waals surface area contributed by atoms with Gasteiger partial charge in [-0.3, -0.25) is 9.59 Å². The van der Waals surface area contributed by atoms with E-state index in [1.54, 1.807) is 6.92 Å². The van der Waals surface area contributed by atoms with E-state index in [0.29, 0.717) is 23.6 Å². The molecule has 0 aliphatic rings. The Morgan fingerprint density at radius 2 is 1.79 bits per heavy atom. The summed E-state index contributed by atoms with van der Waals surface area (Å²) in [5, 5.41) is 15.4. The van der Waals surface area contributed by atoms with E-state index in [4.69, 9.17) is 9.84 Å². The van der Waals surface area contributed by atoms with Gasteiger partial charge in [-0.1, -0.05) is 18.2 Å². The molecular weight excluding hydrogens is 362 g/mol. The van der Waals surface area contributed by atoms with E-state index in [1.807, 2.05) is 32.0 Å². The van der Waals surface area contributed by atoms with Crippen molar-refractivity contribution in [1.29, 1.82) is 0 Å². The van der Waals surface area contributed by atoms with Crippen LogP contribution in [0.15, 0.2) is 41.5 Å². The van der Waals surface area contributed by atoms with Crippen molar-refractivity contribution in [3.8, 4) is 5.75 Å². The fourth-order valence-corrected chi connectivity index (χ4v) is 2.46. The molecule has 0 unspecified atom stereocenters. The van der Waals surface area contributed by atoms with Crippen molar-refractivity contribution in [1.82, 2.24) is 5.43 Å². The summed E-state index contributed by atoms with van der Waals surface area (Å²) in [5.74, 6) is -2.51. The monoisotopic (exact) mass is 383 g/mol. The van der Waals surface area contributed by atoms with Gasteiger partial charge in [0.15, 0.2) is 0 Å². The van der Waals surface area contributed by atoms with Crippen LogP contribution in [0.3, 0.4) is 0 Å². The predicted octanol–water partition coefficient (Wildman–Crippen LogP) is 2.49. The molecule has 0 aromatic heterocycles. The van der Waals surface area contributed by atoms with Gasteiger partial charge in [0, 0.05) is 11.3 Å². The maximum atomic E-state index is 12.1. The number of hydrogen-bond donors (Lipinski definition) is 3. The quantitative estimate of drug-likeness (QED) is 0.402. The highest BCUT2D eigenvalue weighted by Crippen LogP contribution is 2.20. The van der Waals surface area contributed by atoms with Crippen LogP contribution in [0.2, 0.25) is 0 Å². The summed E-state index contributed by atoms with van der Waals surface area (Å²) < 4.78 is 5.41. The largest absolute Gasteiger partial charge is 0.493 e. The molecule has 3 N–H and O–H groups in total. The number of carboxylic acids is 1. The Hall–Kier alpha value is -3.68. The molecule has 0 spiro atoms. The zero-order chi connectivity index (χ0) is 20.7. The molecule has 2 rings (SSSR count). The molecular formula is C20H21N3O5. The standard InChI is InChI=1S/C20H21N3O5/c1-4-28-16-9-8-14(20(26)27)10-15(16)11-21-23-19(25)18(24)22-17-12(2)6-5-7-13(17)3/h5-11H,4H2,1-3H3,(H,22,24)(H,23,25)(H,26,27)/b21-11-. The van der Waals surface area contributed by atoms with Gasteiger partial charge in [-0.15, -0.1) is 0 Å². The number of anilines is 1. The van der Waals surface area contributed by atoms with Gasteiger partial charge in [-0.25, -0.2) is 10.2 Å². The van der Waals surface area contributed by atoms with E-state index >= 15 is 0 Å². The number of nitrogens with zero attached hydrogens (tertiary/aromatic N) is 1. The molecule has 8 nitrogen and oxygen atoms in total. The number of carbonyl (C=O) groups excluding carboxylic acids is 2. The average molecular weight is 383 g/mol. The molecule has 0 bridgehead atoms. The number of hydrazone groups is 1. The normalized spacial score (nSPS) is 10.5. The molecule has 2 amide bonds. The lowest BCUT2D eigenvalue weighted by atomic mass is 10.1. The average Bonchev–Trinajstić information content (AvgIpc) is 2.65. The number of carboxylic acid groups (broad SMARTS) is 1. The first-order valence-corrected chi connectivity index (χ1v) is 8.54. The minimum absolute atomic E-state index is 0.0454. The smallest absolute Gasteiger partial charge is 0.335 e. The van der Waals surface area contributed by atoms with E-state index in [1.165, 1.54) is 24.4 Å². The van der Waals surface area contributed by atoms with Gasteiger partial charge < -0.3 is 15.2 Å². The highest BCUT2D eigenvalue weighted by atomic mass is 16.5. The first-order valence-electron chi connectivity index (χ1n) is 8.54. The Morgan fingerprint density at radius 3 is 2.39 bits per heavy atom. The molecule has 0 radical (unpaired) electrons. The Kier molecular flexibility index (Phi) is 6.86. The van der Waals surface area contributed by atoms with Crippen molar-refractivity contribution in [2.75, 3.05) is 11.9 Å². The van der Waals surface area contributed by atoms with Crippen LogP contribution in [-0.2, 0) is 9.59 Å². The third-order valence-corrected chi connectivity index (χ3v) is 3.85. The van der Waals surface area contributed by atoms with Crippen LogP contribution >= 0.6 is 0 Å². The van der Waals surface area contributed by atoms with Crippen LogP contribution in [0.25, 0.3) is 0 Å². The van der Waals surface area contributed by atoms with Gasteiger partial charge >= 0.3 is 17.8 Å². The summed E-state index contributed by atoms with van der Waals surface area (Å²) in [6, 6.07) is 9.77. The number of rotatable bonds is 6. The number of aryl methyl sites for hydroxylation is 2. The van der Waals surface area contributed by atoms with Crippen molar-refractivity contribution in [3.63, 3.8) is 0 Å². The lowest BCUT2D eigenvalue weighted by molar-refractivity contribution is -0.136. The molecule has 0 heterocycles. The summed E-state index contributed by atoms with van der Waals surface area (Å²) in [5.41, 5.74) is 4.76. The molecule has 146 valence electrons. The number of para-hydroxylation sites is 1. The summed E-state index contributed by atoms with van der Waals surface area (Å²) in [6.07, 6.45) is 1.22. The topological polar surface area (TPSA) is 117 Å². The van der Waals surface area contributed by atoms with Gasteiger partial charge in [0.05, 0.1) is 18.4 Å².